The van der Waals surface area contributed by atoms with Gasteiger partial charge in [0.25, 0.3) is 0 Å². The third kappa shape index (κ3) is 1.80. The number of aryl methyl sites for hydroxylation is 1. The lowest BCUT2D eigenvalue weighted by Gasteiger charge is -2.02. The lowest BCUT2D eigenvalue weighted by Crippen LogP contribution is -2.01. The molecule has 0 atom stereocenters. The molecule has 0 aliphatic rings. The van der Waals surface area contributed by atoms with Crippen molar-refractivity contribution in [2.45, 2.75) is 13.8 Å². The summed E-state index contributed by atoms with van der Waals surface area (Å²) in [5.41, 5.74) is 6.85. The van der Waals surface area contributed by atoms with Crippen molar-refractivity contribution in [2.75, 3.05) is 12.3 Å². The number of nitrogen functional groups attached to an aromatic ring is 1. The van der Waals surface area contributed by atoms with E-state index >= 15 is 0 Å². The first-order valence-corrected chi connectivity index (χ1v) is 3.46. The van der Waals surface area contributed by atoms with Gasteiger partial charge in [-0.2, -0.15) is 4.98 Å². The van der Waals surface area contributed by atoms with Crippen LogP contribution in [0, 0.1) is 6.92 Å². The first-order valence-electron chi connectivity index (χ1n) is 3.46. The van der Waals surface area contributed by atoms with Crippen LogP contribution < -0.4 is 10.5 Å². The molecule has 11 heavy (non-hydrogen) atoms. The molecule has 1 heterocycles. The van der Waals surface area contributed by atoms with Gasteiger partial charge in [-0.15, -0.1) is 0 Å². The third-order valence-corrected chi connectivity index (χ3v) is 1.27. The smallest absolute Gasteiger partial charge is 0.316 e. The summed E-state index contributed by atoms with van der Waals surface area (Å²) < 4.78 is 5.06. The van der Waals surface area contributed by atoms with E-state index in [4.69, 9.17) is 10.5 Å². The number of ether oxygens (including phenoxy) is 1. The maximum atomic E-state index is 5.50. The number of hydrogen-bond donors (Lipinski definition) is 1. The summed E-state index contributed by atoms with van der Waals surface area (Å²) in [5.74, 6) is 0. The van der Waals surface area contributed by atoms with Crippen LogP contribution in [0.25, 0.3) is 0 Å². The molecular weight excluding hydrogens is 142 g/mol. The van der Waals surface area contributed by atoms with Gasteiger partial charge in [-0.3, -0.25) is 0 Å². The van der Waals surface area contributed by atoms with Crippen LogP contribution in [0.15, 0.2) is 6.20 Å². The van der Waals surface area contributed by atoms with E-state index in [1.807, 2.05) is 13.8 Å². The van der Waals surface area contributed by atoms with E-state index in [2.05, 4.69) is 9.97 Å². The second kappa shape index (κ2) is 3.18. The molecule has 60 valence electrons. The van der Waals surface area contributed by atoms with Gasteiger partial charge in [0.2, 0.25) is 0 Å². The largest absolute Gasteiger partial charge is 0.464 e. The molecule has 4 nitrogen and oxygen atoms in total. The number of hydrogen-bond acceptors (Lipinski definition) is 4. The fourth-order valence-electron chi connectivity index (χ4n) is 0.654. The Balaban J connectivity index is 2.86. The zero-order valence-electron chi connectivity index (χ0n) is 6.66. The molecule has 0 radical (unpaired) electrons. The molecule has 0 bridgehead atoms. The Labute approximate surface area is 65.4 Å². The minimum Gasteiger partial charge on any atom is -0.464 e. The van der Waals surface area contributed by atoms with Crippen molar-refractivity contribution in [3.05, 3.63) is 11.9 Å². The van der Waals surface area contributed by atoms with Crippen LogP contribution in [0.2, 0.25) is 0 Å². The molecule has 0 aliphatic heterocycles. The second-order valence-corrected chi connectivity index (χ2v) is 2.13. The summed E-state index contributed by atoms with van der Waals surface area (Å²) in [7, 11) is 0. The van der Waals surface area contributed by atoms with Gasteiger partial charge < -0.3 is 10.5 Å². The summed E-state index contributed by atoms with van der Waals surface area (Å²) in [6.45, 7) is 4.28. The predicted octanol–water partition coefficient (Wildman–Crippen LogP) is 0.766. The van der Waals surface area contributed by atoms with Crippen LogP contribution in [-0.2, 0) is 0 Å². The monoisotopic (exact) mass is 153 g/mol. The molecule has 0 unspecified atom stereocenters. The highest BCUT2D eigenvalue weighted by Gasteiger charge is 1.98. The Kier molecular flexibility index (Phi) is 2.25. The first-order chi connectivity index (χ1) is 5.24. The van der Waals surface area contributed by atoms with E-state index in [0.717, 1.165) is 5.69 Å². The molecule has 0 aromatic carbocycles. The molecule has 4 heteroatoms. The zero-order chi connectivity index (χ0) is 8.27. The highest BCUT2D eigenvalue weighted by atomic mass is 16.5. The standard InChI is InChI=1S/C7H11N3O/c1-3-11-7-9-4-6(8)5(2)10-7/h4H,3,8H2,1-2H3. The lowest BCUT2D eigenvalue weighted by molar-refractivity contribution is 0.312. The summed E-state index contributed by atoms with van der Waals surface area (Å²) in [5, 5.41) is 0. The third-order valence-electron chi connectivity index (χ3n) is 1.27. The van der Waals surface area contributed by atoms with E-state index in [-0.39, 0.29) is 0 Å². The van der Waals surface area contributed by atoms with Crippen molar-refractivity contribution in [3.8, 4) is 6.01 Å². The van der Waals surface area contributed by atoms with E-state index in [1.165, 1.54) is 0 Å². The van der Waals surface area contributed by atoms with Crippen LogP contribution in [0.4, 0.5) is 5.69 Å². The van der Waals surface area contributed by atoms with Crippen molar-refractivity contribution in [1.29, 1.82) is 0 Å². The molecule has 0 saturated carbocycles. The lowest BCUT2D eigenvalue weighted by atomic mass is 10.4. The van der Waals surface area contributed by atoms with Gasteiger partial charge in [0.15, 0.2) is 0 Å². The normalized spacial score (nSPS) is 9.64. The topological polar surface area (TPSA) is 61.0 Å². The molecule has 1 aromatic heterocycles. The molecule has 0 fully saturated rings. The van der Waals surface area contributed by atoms with Crippen molar-refractivity contribution in [1.82, 2.24) is 9.97 Å². The minimum absolute atomic E-state index is 0.388. The predicted molar refractivity (Wildman–Crippen MR) is 42.4 cm³/mol. The Morgan fingerprint density at radius 3 is 2.91 bits per heavy atom. The van der Waals surface area contributed by atoms with E-state index < -0.39 is 0 Å². The highest BCUT2D eigenvalue weighted by molar-refractivity contribution is 5.39. The Bertz CT molecular complexity index is 249. The van der Waals surface area contributed by atoms with Crippen LogP contribution in [-0.4, -0.2) is 16.6 Å². The number of nitrogens with zero attached hydrogens (tertiary/aromatic N) is 2. The fraction of sp³-hybridized carbons (Fsp3) is 0.429. The highest BCUT2D eigenvalue weighted by Crippen LogP contribution is 2.08. The Morgan fingerprint density at radius 1 is 1.64 bits per heavy atom. The summed E-state index contributed by atoms with van der Waals surface area (Å²) in [6, 6.07) is 0.388. The maximum Gasteiger partial charge on any atom is 0.316 e. The van der Waals surface area contributed by atoms with Gasteiger partial charge in [0.1, 0.15) is 0 Å². The van der Waals surface area contributed by atoms with Crippen molar-refractivity contribution in [2.24, 2.45) is 0 Å². The van der Waals surface area contributed by atoms with Crippen LogP contribution in [0.1, 0.15) is 12.6 Å². The average molecular weight is 153 g/mol. The van der Waals surface area contributed by atoms with Crippen LogP contribution in [0.5, 0.6) is 6.01 Å². The first kappa shape index (κ1) is 7.78. The van der Waals surface area contributed by atoms with Gasteiger partial charge in [-0.1, -0.05) is 0 Å². The molecule has 1 rings (SSSR count). The molecule has 0 aliphatic carbocycles. The minimum atomic E-state index is 0.388. The van der Waals surface area contributed by atoms with Crippen LogP contribution in [0.3, 0.4) is 0 Å². The summed E-state index contributed by atoms with van der Waals surface area (Å²) >= 11 is 0. The van der Waals surface area contributed by atoms with E-state index in [9.17, 15) is 0 Å². The van der Waals surface area contributed by atoms with Gasteiger partial charge in [0, 0.05) is 0 Å². The van der Waals surface area contributed by atoms with Gasteiger partial charge >= 0.3 is 6.01 Å². The van der Waals surface area contributed by atoms with E-state index in [0.29, 0.717) is 18.3 Å². The van der Waals surface area contributed by atoms with Gasteiger partial charge in [0.05, 0.1) is 24.2 Å². The Hall–Kier alpha value is -1.32. The molecule has 0 amide bonds. The number of rotatable bonds is 2. The molecule has 0 saturated heterocycles. The van der Waals surface area contributed by atoms with Gasteiger partial charge in [-0.05, 0) is 13.8 Å². The molecular formula is C7H11N3O. The van der Waals surface area contributed by atoms with Crippen molar-refractivity contribution >= 4 is 5.69 Å². The average Bonchev–Trinajstić information content (AvgIpc) is 1.98. The summed E-state index contributed by atoms with van der Waals surface area (Å²) in [4.78, 5) is 7.87. The molecule has 1 aromatic rings. The fourth-order valence-corrected chi connectivity index (χ4v) is 0.654. The molecule has 2 N–H and O–H groups in total. The second-order valence-electron chi connectivity index (χ2n) is 2.13. The maximum absolute atomic E-state index is 5.50. The van der Waals surface area contributed by atoms with Crippen molar-refractivity contribution < 1.29 is 4.74 Å². The molecule has 0 spiro atoms. The number of nitrogens with two attached hydrogens (primary N) is 1. The zero-order valence-corrected chi connectivity index (χ0v) is 6.66. The SMILES string of the molecule is CCOc1ncc(N)c(C)n1. The van der Waals surface area contributed by atoms with Crippen LogP contribution >= 0.6 is 0 Å². The van der Waals surface area contributed by atoms with E-state index in [1.54, 1.807) is 6.20 Å². The number of aromatic nitrogens is 2. The van der Waals surface area contributed by atoms with Crippen molar-refractivity contribution in [3.63, 3.8) is 0 Å². The summed E-state index contributed by atoms with van der Waals surface area (Å²) in [6.07, 6.45) is 1.55. The number of anilines is 1. The van der Waals surface area contributed by atoms with Gasteiger partial charge in [-0.25, -0.2) is 4.98 Å². The Morgan fingerprint density at radius 2 is 2.36 bits per heavy atom. The quantitative estimate of drug-likeness (QED) is 0.681.